The molecular weight excluding hydrogens is 415 g/mol. The first-order valence-electron chi connectivity index (χ1n) is 7.50. The van der Waals surface area contributed by atoms with Crippen molar-refractivity contribution in [1.29, 1.82) is 0 Å². The first-order chi connectivity index (χ1) is 12.8. The molecule has 3 rings (SSSR count). The van der Waals surface area contributed by atoms with Gasteiger partial charge in [0.05, 0.1) is 11.5 Å². The predicted molar refractivity (Wildman–Crippen MR) is 102 cm³/mol. The Labute approximate surface area is 164 Å². The van der Waals surface area contributed by atoms with Gasteiger partial charge in [-0.2, -0.15) is 5.10 Å². The molecule has 0 bridgehead atoms. The largest absolute Gasteiger partial charge is 0.289 e. The Morgan fingerprint density at radius 1 is 1.07 bits per heavy atom. The van der Waals surface area contributed by atoms with Gasteiger partial charge in [0.15, 0.2) is 10.7 Å². The summed E-state index contributed by atoms with van der Waals surface area (Å²) < 4.78 is 28.7. The SMILES string of the molecule is O=[N+]([O-])c1ccccc1S(=O)(=O)Nc1nn(Cc2ccccc2Cl)cc1Cl. The lowest BCUT2D eigenvalue weighted by molar-refractivity contribution is -0.387. The molecule has 140 valence electrons. The number of aromatic nitrogens is 2. The molecule has 0 amide bonds. The smallest absolute Gasteiger partial charge is 0.265 e. The summed E-state index contributed by atoms with van der Waals surface area (Å²) in [6.07, 6.45) is 1.43. The fourth-order valence-corrected chi connectivity index (χ4v) is 4.01. The van der Waals surface area contributed by atoms with Gasteiger partial charge >= 0.3 is 0 Å². The van der Waals surface area contributed by atoms with Gasteiger partial charge in [-0.3, -0.25) is 19.5 Å². The van der Waals surface area contributed by atoms with Crippen LogP contribution in [0.1, 0.15) is 5.56 Å². The van der Waals surface area contributed by atoms with Gasteiger partial charge in [-0.05, 0) is 17.7 Å². The summed E-state index contributed by atoms with van der Waals surface area (Å²) >= 11 is 12.2. The van der Waals surface area contributed by atoms with Crippen molar-refractivity contribution < 1.29 is 13.3 Å². The van der Waals surface area contributed by atoms with Gasteiger partial charge in [0.25, 0.3) is 15.7 Å². The normalized spacial score (nSPS) is 11.3. The third kappa shape index (κ3) is 4.21. The highest BCUT2D eigenvalue weighted by Crippen LogP contribution is 2.28. The van der Waals surface area contributed by atoms with E-state index in [1.807, 2.05) is 6.07 Å². The second-order valence-electron chi connectivity index (χ2n) is 5.44. The lowest BCUT2D eigenvalue weighted by atomic mass is 10.2. The molecule has 0 spiro atoms. The van der Waals surface area contributed by atoms with E-state index in [1.54, 1.807) is 18.2 Å². The van der Waals surface area contributed by atoms with Gasteiger partial charge in [-0.25, -0.2) is 8.42 Å². The van der Waals surface area contributed by atoms with Gasteiger partial charge in [0.1, 0.15) is 5.02 Å². The van der Waals surface area contributed by atoms with Crippen molar-refractivity contribution in [2.45, 2.75) is 11.4 Å². The number of halogens is 2. The van der Waals surface area contributed by atoms with E-state index in [9.17, 15) is 18.5 Å². The summed E-state index contributed by atoms with van der Waals surface area (Å²) in [4.78, 5) is 9.83. The molecule has 2 aromatic carbocycles. The van der Waals surface area contributed by atoms with Gasteiger partial charge in [-0.1, -0.05) is 53.5 Å². The van der Waals surface area contributed by atoms with E-state index < -0.39 is 25.5 Å². The number of benzene rings is 2. The Kier molecular flexibility index (Phi) is 5.36. The standard InChI is InChI=1S/C16H12Cl2N4O4S/c17-12-6-2-1-5-11(12)9-21-10-13(18)16(19-21)20-27(25,26)15-8-4-3-7-14(15)22(23)24/h1-8,10H,9H2,(H,19,20). The van der Waals surface area contributed by atoms with Gasteiger partial charge in [-0.15, -0.1) is 0 Å². The summed E-state index contributed by atoms with van der Waals surface area (Å²) in [5.74, 6) is -0.137. The van der Waals surface area contributed by atoms with Crippen molar-refractivity contribution >= 4 is 44.7 Å². The third-order valence-corrected chi connectivity index (χ3v) is 5.62. The zero-order chi connectivity index (χ0) is 19.6. The molecule has 8 nitrogen and oxygen atoms in total. The van der Waals surface area contributed by atoms with E-state index in [1.165, 1.54) is 23.0 Å². The average molecular weight is 427 g/mol. The first kappa shape index (κ1) is 19.2. The highest BCUT2D eigenvalue weighted by Gasteiger charge is 2.26. The number of anilines is 1. The highest BCUT2D eigenvalue weighted by molar-refractivity contribution is 7.92. The second-order valence-corrected chi connectivity index (χ2v) is 7.91. The minimum Gasteiger partial charge on any atom is -0.265 e. The second kappa shape index (κ2) is 7.55. The number of hydrogen-bond donors (Lipinski definition) is 1. The number of nitrogens with one attached hydrogen (secondary N) is 1. The van der Waals surface area contributed by atoms with E-state index in [-0.39, 0.29) is 17.4 Å². The number of hydrogen-bond acceptors (Lipinski definition) is 5. The number of sulfonamides is 1. The molecular formula is C16H12Cl2N4O4S. The number of nitro groups is 1. The van der Waals surface area contributed by atoms with Crippen LogP contribution in [0, 0.1) is 10.1 Å². The van der Waals surface area contributed by atoms with E-state index in [2.05, 4.69) is 9.82 Å². The Balaban J connectivity index is 1.89. The molecule has 0 unspecified atom stereocenters. The molecule has 0 aliphatic carbocycles. The summed E-state index contributed by atoms with van der Waals surface area (Å²) in [6, 6.07) is 12.1. The van der Waals surface area contributed by atoms with Crippen LogP contribution < -0.4 is 4.72 Å². The van der Waals surface area contributed by atoms with Crippen LogP contribution in [-0.2, 0) is 16.6 Å². The van der Waals surface area contributed by atoms with Crippen LogP contribution >= 0.6 is 23.2 Å². The molecule has 0 radical (unpaired) electrons. The van der Waals surface area contributed by atoms with Crippen molar-refractivity contribution in [2.24, 2.45) is 0 Å². The van der Waals surface area contributed by atoms with Crippen LogP contribution in [-0.4, -0.2) is 23.1 Å². The monoisotopic (exact) mass is 426 g/mol. The topological polar surface area (TPSA) is 107 Å². The van der Waals surface area contributed by atoms with Crippen LogP contribution in [0.2, 0.25) is 10.0 Å². The van der Waals surface area contributed by atoms with Crippen molar-refractivity contribution in [2.75, 3.05) is 4.72 Å². The zero-order valence-electron chi connectivity index (χ0n) is 13.5. The lowest BCUT2D eigenvalue weighted by Crippen LogP contribution is -2.15. The maximum absolute atomic E-state index is 12.6. The van der Waals surface area contributed by atoms with E-state index in [4.69, 9.17) is 23.2 Å². The molecule has 0 aliphatic rings. The average Bonchev–Trinajstić information content (AvgIpc) is 2.95. The number of nitro benzene ring substituents is 1. The number of nitrogens with zero attached hydrogens (tertiary/aromatic N) is 3. The Morgan fingerprint density at radius 3 is 2.44 bits per heavy atom. The molecule has 0 atom stereocenters. The molecule has 11 heteroatoms. The minimum absolute atomic E-state index is 0.0456. The Hall–Kier alpha value is -2.62. The molecule has 0 saturated carbocycles. The number of para-hydroxylation sites is 1. The summed E-state index contributed by atoms with van der Waals surface area (Å²) in [6.45, 7) is 0.270. The fraction of sp³-hybridized carbons (Fsp3) is 0.0625. The minimum atomic E-state index is -4.26. The molecule has 1 heterocycles. The maximum Gasteiger partial charge on any atom is 0.289 e. The lowest BCUT2D eigenvalue weighted by Gasteiger charge is -2.07. The van der Waals surface area contributed by atoms with Gasteiger partial charge in [0.2, 0.25) is 0 Å². The van der Waals surface area contributed by atoms with Gasteiger partial charge < -0.3 is 0 Å². The quantitative estimate of drug-likeness (QED) is 0.474. The Morgan fingerprint density at radius 2 is 1.74 bits per heavy atom. The predicted octanol–water partition coefficient (Wildman–Crippen LogP) is 3.95. The molecule has 0 aliphatic heterocycles. The fourth-order valence-electron chi connectivity index (χ4n) is 2.37. The molecule has 3 aromatic rings. The third-order valence-electron chi connectivity index (χ3n) is 3.59. The Bertz CT molecular complexity index is 1120. The van der Waals surface area contributed by atoms with Crippen molar-refractivity contribution in [1.82, 2.24) is 9.78 Å². The van der Waals surface area contributed by atoms with E-state index >= 15 is 0 Å². The van der Waals surface area contributed by atoms with E-state index in [0.29, 0.717) is 5.02 Å². The zero-order valence-corrected chi connectivity index (χ0v) is 15.9. The summed E-state index contributed by atoms with van der Waals surface area (Å²) in [5.41, 5.74) is 0.225. The van der Waals surface area contributed by atoms with Crippen molar-refractivity contribution in [3.8, 4) is 0 Å². The molecule has 1 aromatic heterocycles. The molecule has 1 N–H and O–H groups in total. The van der Waals surface area contributed by atoms with E-state index in [0.717, 1.165) is 17.7 Å². The van der Waals surface area contributed by atoms with Crippen LogP contribution in [0.15, 0.2) is 59.6 Å². The maximum atomic E-state index is 12.6. The number of rotatable bonds is 6. The van der Waals surface area contributed by atoms with Crippen LogP contribution in [0.25, 0.3) is 0 Å². The highest BCUT2D eigenvalue weighted by atomic mass is 35.5. The molecule has 27 heavy (non-hydrogen) atoms. The van der Waals surface area contributed by atoms with Crippen LogP contribution in [0.4, 0.5) is 11.5 Å². The summed E-state index contributed by atoms with van der Waals surface area (Å²) in [5, 5.41) is 15.8. The first-order valence-corrected chi connectivity index (χ1v) is 9.74. The van der Waals surface area contributed by atoms with Crippen LogP contribution in [0.5, 0.6) is 0 Å². The summed E-state index contributed by atoms with van der Waals surface area (Å²) in [7, 11) is -4.26. The van der Waals surface area contributed by atoms with Gasteiger partial charge in [0, 0.05) is 17.3 Å². The van der Waals surface area contributed by atoms with Crippen molar-refractivity contribution in [3.05, 3.63) is 80.5 Å². The molecule has 0 saturated heterocycles. The molecule has 0 fully saturated rings. The van der Waals surface area contributed by atoms with Crippen molar-refractivity contribution in [3.63, 3.8) is 0 Å². The van der Waals surface area contributed by atoms with Crippen LogP contribution in [0.3, 0.4) is 0 Å².